The fourth-order valence-corrected chi connectivity index (χ4v) is 3.44. The van der Waals surface area contributed by atoms with Gasteiger partial charge in [-0.2, -0.15) is 4.98 Å². The summed E-state index contributed by atoms with van der Waals surface area (Å²) >= 11 is 0. The van der Waals surface area contributed by atoms with Crippen LogP contribution < -0.4 is 16.4 Å². The van der Waals surface area contributed by atoms with Gasteiger partial charge in [-0.05, 0) is 62.9 Å². The number of carbonyl (C=O) groups is 1. The zero-order valence-electron chi connectivity index (χ0n) is 15.6. The van der Waals surface area contributed by atoms with Crippen LogP contribution in [0.2, 0.25) is 0 Å². The molecule has 4 rings (SSSR count). The van der Waals surface area contributed by atoms with E-state index in [0.717, 1.165) is 35.6 Å². The number of anilines is 2. The number of aryl methyl sites for hydroxylation is 2. The van der Waals surface area contributed by atoms with E-state index in [0.29, 0.717) is 11.9 Å². The molecule has 142 valence electrons. The Hall–Kier alpha value is -3.00. The number of H-pyrrole nitrogens is 1. The normalized spacial score (nSPS) is 14.4. The third-order valence-electron chi connectivity index (χ3n) is 4.75. The predicted octanol–water partition coefficient (Wildman–Crippen LogP) is 2.28. The molecule has 1 aliphatic rings. The first-order valence-electron chi connectivity index (χ1n) is 9.03. The number of aromatic amines is 1. The van der Waals surface area contributed by atoms with Crippen LogP contribution in [0.4, 0.5) is 11.8 Å². The van der Waals surface area contributed by atoms with Gasteiger partial charge in [0.25, 0.3) is 0 Å². The summed E-state index contributed by atoms with van der Waals surface area (Å²) in [6.07, 6.45) is 6.55. The molecule has 0 aliphatic carbocycles. The molecule has 27 heavy (non-hydrogen) atoms. The number of nitrogens with two attached hydrogens (primary N) is 1. The average Bonchev–Trinajstić information content (AvgIpc) is 3.05. The Morgan fingerprint density at radius 2 is 1.96 bits per heavy atom. The largest absolute Gasteiger partial charge is 0.372 e. The van der Waals surface area contributed by atoms with Gasteiger partial charge in [-0.3, -0.25) is 4.79 Å². The summed E-state index contributed by atoms with van der Waals surface area (Å²) in [4.78, 5) is 25.4. The number of fused-ring (bicyclic) bond motifs is 1. The number of hydrogen-bond donors (Lipinski definition) is 4. The summed E-state index contributed by atoms with van der Waals surface area (Å²) < 4.78 is 0. The van der Waals surface area contributed by atoms with Crippen LogP contribution in [-0.4, -0.2) is 39.4 Å². The van der Waals surface area contributed by atoms with Crippen molar-refractivity contribution in [2.45, 2.75) is 32.6 Å². The van der Waals surface area contributed by atoms with Gasteiger partial charge in [0.2, 0.25) is 12.4 Å². The highest BCUT2D eigenvalue weighted by Crippen LogP contribution is 2.26. The van der Waals surface area contributed by atoms with Crippen LogP contribution in [-0.2, 0) is 4.79 Å². The molecule has 3 aromatic heterocycles. The third-order valence-corrected chi connectivity index (χ3v) is 4.75. The van der Waals surface area contributed by atoms with Crippen molar-refractivity contribution in [1.29, 1.82) is 0 Å². The van der Waals surface area contributed by atoms with E-state index in [2.05, 4.69) is 49.3 Å². The lowest BCUT2D eigenvalue weighted by Gasteiger charge is -2.22. The Kier molecular flexibility index (Phi) is 5.97. The van der Waals surface area contributed by atoms with Gasteiger partial charge in [-0.15, -0.1) is 0 Å². The van der Waals surface area contributed by atoms with Crippen LogP contribution in [0.25, 0.3) is 11.0 Å². The average molecular weight is 367 g/mol. The van der Waals surface area contributed by atoms with E-state index in [1.807, 2.05) is 25.4 Å². The van der Waals surface area contributed by atoms with Crippen molar-refractivity contribution in [2.75, 3.05) is 18.4 Å². The van der Waals surface area contributed by atoms with E-state index in [-0.39, 0.29) is 6.41 Å². The van der Waals surface area contributed by atoms with Crippen LogP contribution in [0.15, 0.2) is 24.5 Å². The number of carbonyl (C=O) groups excluding carboxylic acids is 1. The van der Waals surface area contributed by atoms with Crippen LogP contribution in [0, 0.1) is 13.8 Å². The zero-order valence-corrected chi connectivity index (χ0v) is 15.6. The second-order valence-electron chi connectivity index (χ2n) is 6.59. The fraction of sp³-hybridized carbons (Fsp3) is 0.368. The van der Waals surface area contributed by atoms with Crippen LogP contribution in [0.5, 0.6) is 0 Å². The van der Waals surface area contributed by atoms with E-state index in [4.69, 9.17) is 4.79 Å². The van der Waals surface area contributed by atoms with Gasteiger partial charge >= 0.3 is 0 Å². The Bertz CT molecular complexity index is 898. The maximum Gasteiger partial charge on any atom is 0.230 e. The summed E-state index contributed by atoms with van der Waals surface area (Å²) in [5.41, 5.74) is 8.47. The van der Waals surface area contributed by atoms with Crippen LogP contribution in [0.1, 0.15) is 35.6 Å². The number of amides is 1. The number of pyridine rings is 1. The summed E-state index contributed by atoms with van der Waals surface area (Å²) in [5.74, 6) is 1.96. The molecule has 0 saturated carbocycles. The molecule has 0 spiro atoms. The van der Waals surface area contributed by atoms with Crippen molar-refractivity contribution in [1.82, 2.24) is 25.3 Å². The minimum absolute atomic E-state index is 0.250. The van der Waals surface area contributed by atoms with Gasteiger partial charge in [0.05, 0.1) is 5.69 Å². The van der Waals surface area contributed by atoms with E-state index in [1.54, 1.807) is 0 Å². The van der Waals surface area contributed by atoms with Crippen LogP contribution in [0.3, 0.4) is 0 Å². The first kappa shape index (κ1) is 18.8. The van der Waals surface area contributed by atoms with E-state index >= 15 is 0 Å². The van der Waals surface area contributed by atoms with Gasteiger partial charge in [0.1, 0.15) is 11.5 Å². The number of nitrogens with zero attached hydrogens (tertiary/aromatic N) is 3. The molecule has 0 bridgehead atoms. The number of nitrogens with one attached hydrogen (secondary N) is 3. The molecule has 4 heterocycles. The lowest BCUT2D eigenvalue weighted by molar-refractivity contribution is -0.106. The Morgan fingerprint density at radius 1 is 1.22 bits per heavy atom. The number of rotatable bonds is 3. The summed E-state index contributed by atoms with van der Waals surface area (Å²) in [7, 11) is 0. The van der Waals surface area contributed by atoms with Crippen LogP contribution >= 0.6 is 0 Å². The van der Waals surface area contributed by atoms with Crippen molar-refractivity contribution < 1.29 is 4.79 Å². The molecule has 0 aromatic carbocycles. The minimum Gasteiger partial charge on any atom is -0.372 e. The molecular weight excluding hydrogens is 342 g/mol. The highest BCUT2D eigenvalue weighted by atomic mass is 16.1. The SMILES string of the molecule is Cc1c[nH]c2nc(Nc3ccc(C4CCNCC4)cn3)nc(C)c12.NC=O. The van der Waals surface area contributed by atoms with E-state index < -0.39 is 0 Å². The van der Waals surface area contributed by atoms with Gasteiger partial charge in [-0.25, -0.2) is 9.97 Å². The maximum absolute atomic E-state index is 8.58. The predicted molar refractivity (Wildman–Crippen MR) is 106 cm³/mol. The quantitative estimate of drug-likeness (QED) is 0.527. The molecular formula is C19H25N7O. The molecule has 1 fully saturated rings. The lowest BCUT2D eigenvalue weighted by atomic mass is 9.91. The highest BCUT2D eigenvalue weighted by molar-refractivity contribution is 5.83. The summed E-state index contributed by atoms with van der Waals surface area (Å²) in [6, 6.07) is 4.18. The zero-order chi connectivity index (χ0) is 19.2. The standard InChI is InChI=1S/C18H22N6.CH3NO/c1-11-9-21-17-16(11)12(2)22-18(24-17)23-15-4-3-14(10-20-15)13-5-7-19-8-6-13;2-1-3/h3-4,9-10,13,19H,5-8H2,1-2H3,(H2,20,21,22,23,24);1H,(H2,2,3). The summed E-state index contributed by atoms with van der Waals surface area (Å²) in [5, 5.41) is 7.70. The molecule has 1 saturated heterocycles. The molecule has 8 heteroatoms. The van der Waals surface area contributed by atoms with Crippen molar-refractivity contribution in [3.05, 3.63) is 41.3 Å². The molecule has 1 amide bonds. The topological polar surface area (TPSA) is 122 Å². The van der Waals surface area contributed by atoms with E-state index in [9.17, 15) is 0 Å². The van der Waals surface area contributed by atoms with Gasteiger partial charge in [0, 0.05) is 17.8 Å². The first-order chi connectivity index (χ1) is 13.1. The van der Waals surface area contributed by atoms with Gasteiger partial charge < -0.3 is 21.4 Å². The molecule has 0 atom stereocenters. The molecule has 0 unspecified atom stereocenters. The third kappa shape index (κ3) is 4.40. The number of hydrogen-bond acceptors (Lipinski definition) is 6. The molecule has 5 N–H and O–H groups in total. The second kappa shape index (κ2) is 8.59. The second-order valence-corrected chi connectivity index (χ2v) is 6.59. The summed E-state index contributed by atoms with van der Waals surface area (Å²) in [6.45, 7) is 6.24. The number of primary amides is 1. The molecule has 1 aliphatic heterocycles. The lowest BCUT2D eigenvalue weighted by Crippen LogP contribution is -2.26. The van der Waals surface area contributed by atoms with Gasteiger partial charge in [-0.1, -0.05) is 6.07 Å². The van der Waals surface area contributed by atoms with Crippen molar-refractivity contribution >= 4 is 29.2 Å². The number of aromatic nitrogens is 4. The molecule has 3 aromatic rings. The van der Waals surface area contributed by atoms with Crippen molar-refractivity contribution in [3.63, 3.8) is 0 Å². The van der Waals surface area contributed by atoms with Crippen molar-refractivity contribution in [3.8, 4) is 0 Å². The van der Waals surface area contributed by atoms with Gasteiger partial charge in [0.15, 0.2) is 0 Å². The Labute approximate surface area is 158 Å². The molecule has 0 radical (unpaired) electrons. The highest BCUT2D eigenvalue weighted by Gasteiger charge is 2.15. The smallest absolute Gasteiger partial charge is 0.230 e. The maximum atomic E-state index is 8.58. The Balaban J connectivity index is 0.000000659. The number of piperidine rings is 1. The molecule has 8 nitrogen and oxygen atoms in total. The minimum atomic E-state index is 0.250. The van der Waals surface area contributed by atoms with Crippen molar-refractivity contribution in [2.24, 2.45) is 5.73 Å². The Morgan fingerprint density at radius 3 is 2.63 bits per heavy atom. The monoisotopic (exact) mass is 367 g/mol. The van der Waals surface area contributed by atoms with E-state index in [1.165, 1.54) is 24.0 Å². The fourth-order valence-electron chi connectivity index (χ4n) is 3.44. The first-order valence-corrected chi connectivity index (χ1v) is 9.03.